The van der Waals surface area contributed by atoms with Crippen LogP contribution in [0.4, 0.5) is 0 Å². The Balaban J connectivity index is 2.02. The highest BCUT2D eigenvalue weighted by Crippen LogP contribution is 2.22. The van der Waals surface area contributed by atoms with Crippen molar-refractivity contribution < 1.29 is 9.80 Å². The topological polar surface area (TPSA) is 52.5 Å². The van der Waals surface area contributed by atoms with E-state index in [0.29, 0.717) is 0 Å². The fourth-order valence-corrected chi connectivity index (χ4v) is 3.46. The van der Waals surface area contributed by atoms with E-state index in [1.54, 1.807) is 9.80 Å². The van der Waals surface area contributed by atoms with Gasteiger partial charge in [-0.1, -0.05) is 29.8 Å². The zero-order valence-electron chi connectivity index (χ0n) is 15.5. The predicted molar refractivity (Wildman–Crippen MR) is 93.2 cm³/mol. The molecule has 6 nitrogen and oxygen atoms in total. The zero-order valence-corrected chi connectivity index (χ0v) is 15.5. The summed E-state index contributed by atoms with van der Waals surface area (Å²) < 4.78 is 2.00. The van der Waals surface area contributed by atoms with Crippen molar-refractivity contribution in [3.63, 3.8) is 0 Å². The summed E-state index contributed by atoms with van der Waals surface area (Å²) in [5.74, 6) is 0.973. The number of hydrogen-bond donors (Lipinski definition) is 2. The molecule has 1 fully saturated rings. The standard InChI is InChI=1S/C18H28N6/c1-14-6-8-15(9-7-14)16(23-12-10-22(5)11-13-23)17-19-20-21-24(17)18(2,3)4/h6-9,16H,10-13H2,1-5H3/p+2/t16-/m0/s1. The van der Waals surface area contributed by atoms with Crippen molar-refractivity contribution in [2.24, 2.45) is 0 Å². The molecule has 0 amide bonds. The molecule has 1 aliphatic rings. The van der Waals surface area contributed by atoms with Crippen molar-refractivity contribution in [2.75, 3.05) is 33.2 Å². The molecular weight excluding hydrogens is 300 g/mol. The highest BCUT2D eigenvalue weighted by molar-refractivity contribution is 5.26. The first kappa shape index (κ1) is 17.0. The molecule has 0 bridgehead atoms. The van der Waals surface area contributed by atoms with E-state index in [1.165, 1.54) is 24.2 Å². The van der Waals surface area contributed by atoms with E-state index in [1.807, 2.05) is 4.68 Å². The van der Waals surface area contributed by atoms with Crippen molar-refractivity contribution in [3.05, 3.63) is 41.2 Å². The molecule has 2 aromatic rings. The highest BCUT2D eigenvalue weighted by atomic mass is 15.6. The Morgan fingerprint density at radius 2 is 1.67 bits per heavy atom. The SMILES string of the molecule is Cc1ccc([C@@H](c2nnnn2C(C)(C)C)[NH+]2CC[NH+](C)CC2)cc1. The van der Waals surface area contributed by atoms with Crippen molar-refractivity contribution in [2.45, 2.75) is 39.3 Å². The molecule has 0 unspecified atom stereocenters. The summed E-state index contributed by atoms with van der Waals surface area (Å²) in [6.07, 6.45) is 0. The molecule has 130 valence electrons. The molecule has 1 aromatic carbocycles. The maximum atomic E-state index is 4.45. The zero-order chi connectivity index (χ0) is 17.3. The average molecular weight is 330 g/mol. The van der Waals surface area contributed by atoms with Crippen molar-refractivity contribution in [1.82, 2.24) is 20.2 Å². The van der Waals surface area contributed by atoms with Gasteiger partial charge in [0.1, 0.15) is 26.2 Å². The fourth-order valence-electron chi connectivity index (χ4n) is 3.46. The smallest absolute Gasteiger partial charge is 0.214 e. The van der Waals surface area contributed by atoms with Crippen LogP contribution < -0.4 is 9.80 Å². The van der Waals surface area contributed by atoms with Crippen LogP contribution in [0.15, 0.2) is 24.3 Å². The molecule has 0 spiro atoms. The minimum atomic E-state index is -0.126. The number of tetrazole rings is 1. The second-order valence-electron chi connectivity index (χ2n) is 8.08. The van der Waals surface area contributed by atoms with Crippen LogP contribution in [0.1, 0.15) is 43.8 Å². The molecule has 0 saturated carbocycles. The second-order valence-corrected chi connectivity index (χ2v) is 8.08. The average Bonchev–Trinajstić information content (AvgIpc) is 3.01. The molecule has 0 radical (unpaired) electrons. The van der Waals surface area contributed by atoms with Crippen LogP contribution in [0.5, 0.6) is 0 Å². The maximum Gasteiger partial charge on any atom is 0.214 e. The largest absolute Gasteiger partial charge is 0.328 e. The second kappa shape index (κ2) is 6.61. The number of likely N-dealkylation sites (N-methyl/N-ethyl adjacent to an activating group) is 1. The number of piperazine rings is 1. The minimum absolute atomic E-state index is 0.126. The van der Waals surface area contributed by atoms with Crippen LogP contribution in [-0.2, 0) is 5.54 Å². The monoisotopic (exact) mass is 330 g/mol. The number of quaternary nitrogens is 2. The summed E-state index contributed by atoms with van der Waals surface area (Å²) in [7, 11) is 2.27. The van der Waals surface area contributed by atoms with Gasteiger partial charge in [0.2, 0.25) is 5.82 Å². The van der Waals surface area contributed by atoms with E-state index in [4.69, 9.17) is 0 Å². The summed E-state index contributed by atoms with van der Waals surface area (Å²) >= 11 is 0. The van der Waals surface area contributed by atoms with Gasteiger partial charge < -0.3 is 9.80 Å². The molecular formula is C18H30N6+2. The lowest BCUT2D eigenvalue weighted by Crippen LogP contribution is -3.27. The molecule has 24 heavy (non-hydrogen) atoms. The van der Waals surface area contributed by atoms with Gasteiger partial charge in [-0.3, -0.25) is 0 Å². The third kappa shape index (κ3) is 3.49. The third-order valence-electron chi connectivity index (χ3n) is 4.95. The normalized spacial score (nSPS) is 23.2. The Bertz CT molecular complexity index is 662. The van der Waals surface area contributed by atoms with Crippen LogP contribution in [0, 0.1) is 6.92 Å². The molecule has 3 rings (SSSR count). The number of benzene rings is 1. The Morgan fingerprint density at radius 1 is 1.04 bits per heavy atom. The van der Waals surface area contributed by atoms with Gasteiger partial charge in [0, 0.05) is 5.56 Å². The third-order valence-corrected chi connectivity index (χ3v) is 4.95. The lowest BCUT2D eigenvalue weighted by atomic mass is 10.0. The number of rotatable bonds is 3. The van der Waals surface area contributed by atoms with Crippen molar-refractivity contribution in [3.8, 4) is 0 Å². The van der Waals surface area contributed by atoms with E-state index in [2.05, 4.69) is 74.5 Å². The molecule has 6 heteroatoms. The van der Waals surface area contributed by atoms with Gasteiger partial charge >= 0.3 is 0 Å². The Morgan fingerprint density at radius 3 is 2.25 bits per heavy atom. The van der Waals surface area contributed by atoms with Crippen molar-refractivity contribution >= 4 is 0 Å². The molecule has 1 atom stereocenters. The molecule has 2 N–H and O–H groups in total. The van der Waals surface area contributed by atoms with E-state index < -0.39 is 0 Å². The molecule has 2 heterocycles. The van der Waals surface area contributed by atoms with E-state index in [0.717, 1.165) is 18.9 Å². The van der Waals surface area contributed by atoms with Gasteiger partial charge in [-0.05, 0) is 38.1 Å². The summed E-state index contributed by atoms with van der Waals surface area (Å²) in [6.45, 7) is 13.3. The van der Waals surface area contributed by atoms with Gasteiger partial charge in [-0.2, -0.15) is 0 Å². The first-order chi connectivity index (χ1) is 11.4. The van der Waals surface area contributed by atoms with E-state index in [-0.39, 0.29) is 11.6 Å². The first-order valence-electron chi connectivity index (χ1n) is 8.87. The summed E-state index contributed by atoms with van der Waals surface area (Å²) in [5.41, 5.74) is 2.46. The number of aromatic nitrogens is 4. The molecule has 1 aromatic heterocycles. The van der Waals surface area contributed by atoms with E-state index >= 15 is 0 Å². The predicted octanol–water partition coefficient (Wildman–Crippen LogP) is -0.761. The van der Waals surface area contributed by atoms with Gasteiger partial charge in [0.15, 0.2) is 6.04 Å². The Kier molecular flexibility index (Phi) is 4.69. The summed E-state index contributed by atoms with van der Waals surface area (Å²) in [5, 5.41) is 12.8. The summed E-state index contributed by atoms with van der Waals surface area (Å²) in [4.78, 5) is 3.17. The van der Waals surface area contributed by atoms with Gasteiger partial charge in [0.05, 0.1) is 12.6 Å². The van der Waals surface area contributed by atoms with Crippen LogP contribution in [-0.4, -0.2) is 53.4 Å². The van der Waals surface area contributed by atoms with Crippen LogP contribution in [0.2, 0.25) is 0 Å². The van der Waals surface area contributed by atoms with Crippen LogP contribution in [0.3, 0.4) is 0 Å². The van der Waals surface area contributed by atoms with Crippen molar-refractivity contribution in [1.29, 1.82) is 0 Å². The lowest BCUT2D eigenvalue weighted by molar-refractivity contribution is -1.02. The summed E-state index contributed by atoms with van der Waals surface area (Å²) in [6, 6.07) is 9.04. The first-order valence-corrected chi connectivity index (χ1v) is 8.87. The minimum Gasteiger partial charge on any atom is -0.328 e. The number of hydrogen-bond acceptors (Lipinski definition) is 3. The van der Waals surface area contributed by atoms with Gasteiger partial charge in [-0.25, -0.2) is 4.68 Å². The molecule has 1 saturated heterocycles. The molecule has 0 aliphatic carbocycles. The maximum absolute atomic E-state index is 4.45. The number of nitrogens with zero attached hydrogens (tertiary/aromatic N) is 4. The fraction of sp³-hybridized carbons (Fsp3) is 0.611. The molecule has 1 aliphatic heterocycles. The Hall–Kier alpha value is -1.79. The van der Waals surface area contributed by atoms with E-state index in [9.17, 15) is 0 Å². The van der Waals surface area contributed by atoms with Gasteiger partial charge in [-0.15, -0.1) is 5.10 Å². The number of aryl methyl sites for hydroxylation is 1. The van der Waals surface area contributed by atoms with Gasteiger partial charge in [0.25, 0.3) is 0 Å². The lowest BCUT2D eigenvalue weighted by Gasteiger charge is -2.34. The number of nitrogens with one attached hydrogen (secondary N) is 2. The highest BCUT2D eigenvalue weighted by Gasteiger charge is 2.36. The van der Waals surface area contributed by atoms with Crippen LogP contribution in [0.25, 0.3) is 0 Å². The van der Waals surface area contributed by atoms with Crippen LogP contribution >= 0.6 is 0 Å². The Labute approximate surface area is 144 Å². The quantitative estimate of drug-likeness (QED) is 0.778.